The summed E-state index contributed by atoms with van der Waals surface area (Å²) in [5, 5.41) is 12.7. The second-order valence-corrected chi connectivity index (χ2v) is 5.44. The molecule has 0 saturated carbocycles. The van der Waals surface area contributed by atoms with E-state index in [9.17, 15) is 5.11 Å². The summed E-state index contributed by atoms with van der Waals surface area (Å²) >= 11 is 0. The fourth-order valence-corrected chi connectivity index (χ4v) is 2.45. The summed E-state index contributed by atoms with van der Waals surface area (Å²) in [6.45, 7) is 2.56. The Bertz CT molecular complexity index is 850. The number of nitrogen functional groups attached to an aromatic ring is 1. The van der Waals surface area contributed by atoms with Crippen LogP contribution in [0.4, 0.5) is 11.9 Å². The van der Waals surface area contributed by atoms with Crippen molar-refractivity contribution in [2.75, 3.05) is 11.1 Å². The van der Waals surface area contributed by atoms with Gasteiger partial charge in [0, 0.05) is 12.1 Å². The molecular formula is C18H19N5O. The molecule has 3 rings (SSSR count). The van der Waals surface area contributed by atoms with Crippen molar-refractivity contribution < 1.29 is 5.11 Å². The standard InChI is InChI=1S/C18H19N5O/c1-12-6-2-3-7-13(12)10-20-18-22-16(21-17(19)23-18)15-9-5-4-8-14(15)11-24/h2-9,24H,10-11H2,1H3,(H3,19,20,21,22,23). The molecule has 1 aromatic heterocycles. The van der Waals surface area contributed by atoms with Crippen LogP contribution in [0.3, 0.4) is 0 Å². The molecule has 2 aromatic carbocycles. The molecule has 4 N–H and O–H groups in total. The summed E-state index contributed by atoms with van der Waals surface area (Å²) < 4.78 is 0. The van der Waals surface area contributed by atoms with Crippen molar-refractivity contribution in [1.82, 2.24) is 15.0 Å². The van der Waals surface area contributed by atoms with Crippen LogP contribution < -0.4 is 11.1 Å². The number of hydrogen-bond acceptors (Lipinski definition) is 6. The molecular weight excluding hydrogens is 302 g/mol. The normalized spacial score (nSPS) is 10.6. The zero-order valence-corrected chi connectivity index (χ0v) is 13.4. The monoisotopic (exact) mass is 321 g/mol. The van der Waals surface area contributed by atoms with E-state index in [0.29, 0.717) is 18.3 Å². The second kappa shape index (κ2) is 7.06. The highest BCUT2D eigenvalue weighted by Gasteiger charge is 2.10. The van der Waals surface area contributed by atoms with Crippen molar-refractivity contribution in [1.29, 1.82) is 0 Å². The van der Waals surface area contributed by atoms with Crippen LogP contribution in [-0.2, 0) is 13.2 Å². The summed E-state index contributed by atoms with van der Waals surface area (Å²) in [7, 11) is 0. The first-order valence-corrected chi connectivity index (χ1v) is 7.66. The highest BCUT2D eigenvalue weighted by Crippen LogP contribution is 2.22. The van der Waals surface area contributed by atoms with Crippen LogP contribution in [-0.4, -0.2) is 20.1 Å². The lowest BCUT2D eigenvalue weighted by atomic mass is 10.1. The Morgan fingerprint density at radius 3 is 2.42 bits per heavy atom. The maximum Gasteiger partial charge on any atom is 0.228 e. The van der Waals surface area contributed by atoms with E-state index < -0.39 is 0 Å². The number of benzene rings is 2. The first kappa shape index (κ1) is 15.9. The van der Waals surface area contributed by atoms with Crippen LogP contribution in [0, 0.1) is 6.92 Å². The summed E-state index contributed by atoms with van der Waals surface area (Å²) in [5.41, 5.74) is 9.66. The molecule has 0 saturated heterocycles. The number of aromatic nitrogens is 3. The molecule has 0 spiro atoms. The van der Waals surface area contributed by atoms with Crippen LogP contribution >= 0.6 is 0 Å². The maximum absolute atomic E-state index is 9.48. The summed E-state index contributed by atoms with van der Waals surface area (Å²) in [6, 6.07) is 15.5. The first-order chi connectivity index (χ1) is 11.7. The van der Waals surface area contributed by atoms with Crippen molar-refractivity contribution in [2.45, 2.75) is 20.1 Å². The number of nitrogens with zero attached hydrogens (tertiary/aromatic N) is 3. The lowest BCUT2D eigenvalue weighted by molar-refractivity contribution is 0.282. The molecule has 0 unspecified atom stereocenters. The molecule has 0 aliphatic heterocycles. The van der Waals surface area contributed by atoms with E-state index in [1.807, 2.05) is 36.4 Å². The minimum absolute atomic E-state index is 0.0896. The molecule has 0 fully saturated rings. The SMILES string of the molecule is Cc1ccccc1CNc1nc(N)nc(-c2ccccc2CO)n1. The number of aliphatic hydroxyl groups is 1. The minimum Gasteiger partial charge on any atom is -0.392 e. The minimum atomic E-state index is -0.0896. The van der Waals surface area contributed by atoms with Crippen LogP contribution in [0.15, 0.2) is 48.5 Å². The summed E-state index contributed by atoms with van der Waals surface area (Å²) in [5.74, 6) is 0.993. The van der Waals surface area contributed by atoms with Gasteiger partial charge >= 0.3 is 0 Å². The second-order valence-electron chi connectivity index (χ2n) is 5.44. The van der Waals surface area contributed by atoms with Gasteiger partial charge in [-0.25, -0.2) is 0 Å². The number of anilines is 2. The quantitative estimate of drug-likeness (QED) is 0.668. The molecule has 0 atom stereocenters. The number of aliphatic hydroxyl groups excluding tert-OH is 1. The molecule has 24 heavy (non-hydrogen) atoms. The van der Waals surface area contributed by atoms with Crippen LogP contribution in [0.2, 0.25) is 0 Å². The van der Waals surface area contributed by atoms with Crippen LogP contribution in [0.25, 0.3) is 11.4 Å². The highest BCUT2D eigenvalue weighted by molar-refractivity contribution is 5.62. The van der Waals surface area contributed by atoms with E-state index in [2.05, 4.69) is 39.3 Å². The summed E-state index contributed by atoms with van der Waals surface area (Å²) in [4.78, 5) is 12.8. The Morgan fingerprint density at radius 2 is 1.67 bits per heavy atom. The van der Waals surface area contributed by atoms with E-state index in [0.717, 1.165) is 16.7 Å². The van der Waals surface area contributed by atoms with Gasteiger partial charge in [0.2, 0.25) is 11.9 Å². The topological polar surface area (TPSA) is 97.0 Å². The molecule has 122 valence electrons. The van der Waals surface area contributed by atoms with Crippen molar-refractivity contribution in [3.05, 3.63) is 65.2 Å². The van der Waals surface area contributed by atoms with Gasteiger partial charge in [0.05, 0.1) is 6.61 Å². The van der Waals surface area contributed by atoms with Gasteiger partial charge in [0.25, 0.3) is 0 Å². The number of rotatable bonds is 5. The van der Waals surface area contributed by atoms with Gasteiger partial charge < -0.3 is 16.2 Å². The van der Waals surface area contributed by atoms with E-state index >= 15 is 0 Å². The molecule has 6 nitrogen and oxygen atoms in total. The van der Waals surface area contributed by atoms with Gasteiger partial charge in [-0.05, 0) is 23.6 Å². The highest BCUT2D eigenvalue weighted by atomic mass is 16.3. The van der Waals surface area contributed by atoms with E-state index in [4.69, 9.17) is 5.73 Å². The Balaban J connectivity index is 1.88. The molecule has 0 aliphatic carbocycles. The number of hydrogen-bond donors (Lipinski definition) is 3. The fourth-order valence-electron chi connectivity index (χ4n) is 2.45. The van der Waals surface area contributed by atoms with Gasteiger partial charge in [-0.15, -0.1) is 0 Å². The van der Waals surface area contributed by atoms with Crippen molar-refractivity contribution in [3.63, 3.8) is 0 Å². The zero-order valence-electron chi connectivity index (χ0n) is 13.4. The lowest BCUT2D eigenvalue weighted by Crippen LogP contribution is -2.09. The molecule has 6 heteroatoms. The third kappa shape index (κ3) is 3.49. The Labute approximate surface area is 140 Å². The fraction of sp³-hybridized carbons (Fsp3) is 0.167. The molecule has 3 aromatic rings. The van der Waals surface area contributed by atoms with Gasteiger partial charge in [-0.1, -0.05) is 48.5 Å². The Hall–Kier alpha value is -2.99. The average molecular weight is 321 g/mol. The van der Waals surface area contributed by atoms with Crippen molar-refractivity contribution in [3.8, 4) is 11.4 Å². The first-order valence-electron chi connectivity index (χ1n) is 7.66. The molecule has 0 amide bonds. The predicted molar refractivity (Wildman–Crippen MR) is 94.1 cm³/mol. The van der Waals surface area contributed by atoms with Crippen molar-refractivity contribution in [2.24, 2.45) is 0 Å². The van der Waals surface area contributed by atoms with Gasteiger partial charge in [-0.3, -0.25) is 0 Å². The average Bonchev–Trinajstić information content (AvgIpc) is 2.60. The summed E-state index contributed by atoms with van der Waals surface area (Å²) in [6.07, 6.45) is 0. The third-order valence-electron chi connectivity index (χ3n) is 3.78. The van der Waals surface area contributed by atoms with Crippen LogP contribution in [0.5, 0.6) is 0 Å². The Kier molecular flexibility index (Phi) is 4.67. The van der Waals surface area contributed by atoms with E-state index in [1.165, 1.54) is 5.56 Å². The maximum atomic E-state index is 9.48. The van der Waals surface area contributed by atoms with Gasteiger partial charge in [0.1, 0.15) is 0 Å². The molecule has 0 radical (unpaired) electrons. The predicted octanol–water partition coefficient (Wildman–Crippen LogP) is 2.53. The van der Waals surface area contributed by atoms with E-state index in [1.54, 1.807) is 0 Å². The number of nitrogens with one attached hydrogen (secondary N) is 1. The lowest BCUT2D eigenvalue weighted by Gasteiger charge is -2.10. The molecule has 0 aliphatic rings. The van der Waals surface area contributed by atoms with Gasteiger partial charge in [-0.2, -0.15) is 15.0 Å². The van der Waals surface area contributed by atoms with E-state index in [-0.39, 0.29) is 12.6 Å². The van der Waals surface area contributed by atoms with Gasteiger partial charge in [0.15, 0.2) is 5.82 Å². The smallest absolute Gasteiger partial charge is 0.228 e. The largest absolute Gasteiger partial charge is 0.392 e. The Morgan fingerprint density at radius 1 is 0.958 bits per heavy atom. The van der Waals surface area contributed by atoms with Crippen LogP contribution in [0.1, 0.15) is 16.7 Å². The zero-order chi connectivity index (χ0) is 16.9. The number of aryl methyl sites for hydroxylation is 1. The number of nitrogens with two attached hydrogens (primary N) is 1. The molecule has 0 bridgehead atoms. The van der Waals surface area contributed by atoms with Crippen molar-refractivity contribution >= 4 is 11.9 Å². The third-order valence-corrected chi connectivity index (χ3v) is 3.78. The molecule has 1 heterocycles.